The van der Waals surface area contributed by atoms with Crippen LogP contribution in [0.4, 0.5) is 15.9 Å². The van der Waals surface area contributed by atoms with E-state index in [4.69, 9.17) is 39.8 Å². The van der Waals surface area contributed by atoms with Gasteiger partial charge in [-0.1, -0.05) is 55.2 Å². The van der Waals surface area contributed by atoms with E-state index in [0.29, 0.717) is 42.3 Å². The number of pyridine rings is 2. The highest BCUT2D eigenvalue weighted by Crippen LogP contribution is 2.50. The summed E-state index contributed by atoms with van der Waals surface area (Å²) in [5, 5.41) is 32.8. The molecular weight excluding hydrogens is 654 g/mol. The van der Waals surface area contributed by atoms with E-state index >= 15 is 0 Å². The van der Waals surface area contributed by atoms with Crippen molar-refractivity contribution in [2.45, 2.75) is 52.8 Å². The number of hydrogen-bond donors (Lipinski definition) is 2. The van der Waals surface area contributed by atoms with Crippen molar-refractivity contribution in [1.82, 2.24) is 19.8 Å². The number of aliphatic hydroxyl groups is 1. The highest BCUT2D eigenvalue weighted by atomic mass is 35.5. The molecule has 5 rings (SSSR count). The van der Waals surface area contributed by atoms with Gasteiger partial charge in [0.15, 0.2) is 12.0 Å². The van der Waals surface area contributed by atoms with Gasteiger partial charge in [0.2, 0.25) is 5.91 Å². The molecule has 1 saturated heterocycles. The van der Waals surface area contributed by atoms with E-state index in [1.807, 2.05) is 32.6 Å². The fourth-order valence-electron chi connectivity index (χ4n) is 6.17. The lowest BCUT2D eigenvalue weighted by Gasteiger charge is -2.45. The third kappa shape index (κ3) is 5.35. The number of carbonyl (C=O) groups excluding carboxylic acids is 1. The number of benzene rings is 1. The molecule has 13 heteroatoms. The number of aromatic hydroxyl groups is 1. The van der Waals surface area contributed by atoms with Gasteiger partial charge in [0.1, 0.15) is 28.2 Å². The van der Waals surface area contributed by atoms with E-state index in [9.17, 15) is 24.7 Å². The number of nitriles is 1. The predicted octanol–water partition coefficient (Wildman–Crippen LogP) is 7.11. The van der Waals surface area contributed by atoms with Gasteiger partial charge in [0, 0.05) is 43.0 Å². The molecule has 0 radical (unpaired) electrons. The Labute approximate surface area is 281 Å². The van der Waals surface area contributed by atoms with Crippen LogP contribution in [0, 0.1) is 31.0 Å². The Morgan fingerprint density at radius 2 is 1.93 bits per heavy atom. The summed E-state index contributed by atoms with van der Waals surface area (Å²) in [5.74, 6) is -1.64. The second-order valence-corrected chi connectivity index (χ2v) is 12.8. The van der Waals surface area contributed by atoms with Crippen LogP contribution in [0.15, 0.2) is 36.6 Å². The number of aromatic nitrogens is 2. The number of anilines is 2. The van der Waals surface area contributed by atoms with Gasteiger partial charge in [-0.15, -0.1) is 0 Å². The van der Waals surface area contributed by atoms with Crippen molar-refractivity contribution < 1.29 is 19.4 Å². The van der Waals surface area contributed by atoms with Crippen molar-refractivity contribution in [3.63, 3.8) is 0 Å². The maximum Gasteiger partial charge on any atom is 0.246 e. The standard InChI is InChI=1S/C33H32Cl3FN6O3/c1-7-22(44)42-11-10-41(14-17(42)5)30-19-12-21(34)28(23-18(6)24(35)26(37)25(36)31(23)45)40-32(19)43(33(46)20(30)13-38)29-16(4)8-9-39-27(29)15(2)3/h7-9,12,15,17,33,45-46H,1,10-11,14H2,2-6H3/t17-,33?/m1/s1. The van der Waals surface area contributed by atoms with Gasteiger partial charge in [-0.3, -0.25) is 14.7 Å². The van der Waals surface area contributed by atoms with E-state index in [1.165, 1.54) is 17.9 Å². The Hall–Kier alpha value is -3.88. The molecule has 1 amide bonds. The first-order chi connectivity index (χ1) is 21.7. The minimum absolute atomic E-state index is 0.0208. The monoisotopic (exact) mass is 684 g/mol. The Kier molecular flexibility index (Phi) is 9.26. The second kappa shape index (κ2) is 12.7. The van der Waals surface area contributed by atoms with Crippen LogP contribution < -0.4 is 4.90 Å². The first kappa shape index (κ1) is 33.5. The molecule has 2 aliphatic heterocycles. The summed E-state index contributed by atoms with van der Waals surface area (Å²) in [6, 6.07) is 5.36. The summed E-state index contributed by atoms with van der Waals surface area (Å²) in [7, 11) is 0. The number of rotatable bonds is 5. The quantitative estimate of drug-likeness (QED) is 0.216. The third-order valence-electron chi connectivity index (χ3n) is 8.43. The maximum atomic E-state index is 14.7. The summed E-state index contributed by atoms with van der Waals surface area (Å²) in [6.45, 7) is 13.8. The number of aryl methyl sites for hydroxylation is 1. The van der Waals surface area contributed by atoms with Gasteiger partial charge in [-0.2, -0.15) is 5.26 Å². The average Bonchev–Trinajstić information content (AvgIpc) is 3.02. The second-order valence-electron chi connectivity index (χ2n) is 11.6. The Morgan fingerprint density at radius 3 is 2.54 bits per heavy atom. The Bertz CT molecular complexity index is 1830. The van der Waals surface area contributed by atoms with Crippen molar-refractivity contribution in [2.75, 3.05) is 24.5 Å². The molecule has 2 aromatic heterocycles. The first-order valence-electron chi connectivity index (χ1n) is 14.6. The molecule has 1 unspecified atom stereocenters. The molecule has 2 atom stereocenters. The van der Waals surface area contributed by atoms with E-state index in [2.05, 4.69) is 17.6 Å². The van der Waals surface area contributed by atoms with Crippen molar-refractivity contribution in [3.8, 4) is 23.1 Å². The molecule has 9 nitrogen and oxygen atoms in total. The zero-order valence-electron chi connectivity index (χ0n) is 25.9. The zero-order chi connectivity index (χ0) is 33.8. The number of carbonyl (C=O) groups is 1. The molecule has 240 valence electrons. The smallest absolute Gasteiger partial charge is 0.246 e. The van der Waals surface area contributed by atoms with Gasteiger partial charge >= 0.3 is 0 Å². The number of phenolic OH excluding ortho intramolecular Hbond substituents is 1. The fourth-order valence-corrected chi connectivity index (χ4v) is 6.84. The molecule has 0 aliphatic carbocycles. The molecule has 1 fully saturated rings. The van der Waals surface area contributed by atoms with E-state index in [-0.39, 0.29) is 56.1 Å². The van der Waals surface area contributed by atoms with Crippen LogP contribution in [0.25, 0.3) is 17.0 Å². The van der Waals surface area contributed by atoms with Crippen LogP contribution in [0.3, 0.4) is 0 Å². The highest BCUT2D eigenvalue weighted by Gasteiger charge is 2.41. The summed E-state index contributed by atoms with van der Waals surface area (Å²) in [5.41, 5.74) is 3.07. The number of phenols is 1. The topological polar surface area (TPSA) is 117 Å². The molecule has 46 heavy (non-hydrogen) atoms. The zero-order valence-corrected chi connectivity index (χ0v) is 28.1. The molecule has 0 saturated carbocycles. The molecule has 2 aliphatic rings. The maximum absolute atomic E-state index is 14.7. The number of halogens is 4. The number of hydrogen-bond acceptors (Lipinski definition) is 8. The molecule has 0 spiro atoms. The van der Waals surface area contributed by atoms with Gasteiger partial charge in [0.05, 0.1) is 32.8 Å². The fraction of sp³-hybridized carbons (Fsp3) is 0.333. The molecule has 3 aromatic rings. The van der Waals surface area contributed by atoms with Crippen molar-refractivity contribution in [3.05, 3.63) is 79.8 Å². The first-order valence-corrected chi connectivity index (χ1v) is 15.7. The summed E-state index contributed by atoms with van der Waals surface area (Å²) < 4.78 is 14.7. The summed E-state index contributed by atoms with van der Waals surface area (Å²) >= 11 is 19.3. The normalized spacial score (nSPS) is 18.2. The molecule has 0 bridgehead atoms. The summed E-state index contributed by atoms with van der Waals surface area (Å²) in [4.78, 5) is 27.2. The number of fused-ring (bicyclic) bond motifs is 1. The Morgan fingerprint density at radius 1 is 1.24 bits per heavy atom. The van der Waals surface area contributed by atoms with Crippen LogP contribution in [-0.4, -0.2) is 67.8 Å². The number of nitrogens with zero attached hydrogens (tertiary/aromatic N) is 6. The molecule has 2 N–H and O–H groups in total. The molecule has 1 aromatic carbocycles. The lowest BCUT2D eigenvalue weighted by atomic mass is 9.94. The van der Waals surface area contributed by atoms with Gasteiger partial charge in [-0.25, -0.2) is 9.37 Å². The van der Waals surface area contributed by atoms with Crippen LogP contribution in [0.5, 0.6) is 5.75 Å². The van der Waals surface area contributed by atoms with Crippen LogP contribution in [0.1, 0.15) is 49.1 Å². The van der Waals surface area contributed by atoms with Crippen LogP contribution in [-0.2, 0) is 4.79 Å². The van der Waals surface area contributed by atoms with Gasteiger partial charge in [-0.05, 0) is 56.0 Å². The minimum atomic E-state index is -1.51. The molecule has 4 heterocycles. The van der Waals surface area contributed by atoms with E-state index < -0.39 is 22.8 Å². The minimum Gasteiger partial charge on any atom is -0.506 e. The van der Waals surface area contributed by atoms with Crippen molar-refractivity contribution in [1.29, 1.82) is 5.26 Å². The van der Waals surface area contributed by atoms with Crippen molar-refractivity contribution >= 4 is 57.9 Å². The number of aliphatic hydroxyl groups excluding tert-OH is 1. The summed E-state index contributed by atoms with van der Waals surface area (Å²) in [6.07, 6.45) is 1.43. The average molecular weight is 686 g/mol. The van der Waals surface area contributed by atoms with Gasteiger partial charge < -0.3 is 20.0 Å². The number of piperazine rings is 1. The van der Waals surface area contributed by atoms with E-state index in [0.717, 1.165) is 5.56 Å². The largest absolute Gasteiger partial charge is 0.506 e. The van der Waals surface area contributed by atoms with Crippen LogP contribution in [0.2, 0.25) is 15.1 Å². The van der Waals surface area contributed by atoms with Gasteiger partial charge in [0.25, 0.3) is 0 Å². The van der Waals surface area contributed by atoms with Crippen LogP contribution >= 0.6 is 34.8 Å². The SMILES string of the molecule is C=CC(=O)N1CCN(C2=C(C#N)C(O)N(c3c(C)ccnc3C(C)C)c3nc(-c4c(C)c(Cl)c(F)c(Cl)c4O)c(Cl)cc32)C[C@H]1C. The highest BCUT2D eigenvalue weighted by molar-refractivity contribution is 6.38. The lowest BCUT2D eigenvalue weighted by molar-refractivity contribution is -0.129. The number of amides is 1. The third-order valence-corrected chi connectivity index (χ3v) is 9.51. The predicted molar refractivity (Wildman–Crippen MR) is 178 cm³/mol. The van der Waals surface area contributed by atoms with E-state index in [1.54, 1.807) is 23.2 Å². The van der Waals surface area contributed by atoms with Crippen molar-refractivity contribution in [2.24, 2.45) is 0 Å². The Balaban J connectivity index is 1.83. The lowest BCUT2D eigenvalue weighted by Crippen LogP contribution is -2.54. The molecular formula is C33H32Cl3FN6O3.